The topological polar surface area (TPSA) is 47.6 Å². The Balaban J connectivity index is 5.19. The lowest BCUT2D eigenvalue weighted by Crippen LogP contribution is -2.10. The first-order valence-corrected chi connectivity index (χ1v) is 9.97. The SMILES string of the molecule is C#CC#CC#CC#CC#CC#CNCP(=O)(OC#CC#CC#CC#C)OC#CC#CC#CC#C. The molecule has 0 spiro atoms. The second-order valence-electron chi connectivity index (χ2n) is 4.27. The first-order chi connectivity index (χ1) is 16.7. The van der Waals surface area contributed by atoms with Gasteiger partial charge in [-0.25, -0.2) is 4.57 Å². The summed E-state index contributed by atoms with van der Waals surface area (Å²) in [5.41, 5.74) is 0. The number of rotatable bonds is 4. The lowest BCUT2D eigenvalue weighted by Gasteiger charge is -2.10. The Morgan fingerprint density at radius 2 is 0.824 bits per heavy atom. The molecule has 4 nitrogen and oxygen atoms in total. The summed E-state index contributed by atoms with van der Waals surface area (Å²) in [6.07, 6.45) is 18.7. The third-order valence-electron chi connectivity index (χ3n) is 2.11. The molecule has 0 atom stereocenters. The zero-order chi connectivity index (χ0) is 25.0. The predicted octanol–water partition coefficient (Wildman–Crippen LogP) is 0.569. The number of terminal acetylenes is 3. The van der Waals surface area contributed by atoms with Crippen LogP contribution in [0.25, 0.3) is 0 Å². The van der Waals surface area contributed by atoms with Crippen molar-refractivity contribution in [1.82, 2.24) is 5.32 Å². The average molecular weight is 447 g/mol. The van der Waals surface area contributed by atoms with Crippen molar-refractivity contribution in [3.63, 3.8) is 0 Å². The summed E-state index contributed by atoms with van der Waals surface area (Å²) < 4.78 is 22.5. The molecule has 0 heterocycles. The predicted molar refractivity (Wildman–Crippen MR) is 130 cm³/mol. The fraction of sp³-hybridized carbons (Fsp3) is 0.0345. The monoisotopic (exact) mass is 447 g/mol. The van der Waals surface area contributed by atoms with Gasteiger partial charge in [0.1, 0.15) is 18.5 Å². The molecule has 0 aromatic carbocycles. The van der Waals surface area contributed by atoms with Gasteiger partial charge in [-0.15, -0.1) is 19.3 Å². The Kier molecular flexibility index (Phi) is 17.1. The van der Waals surface area contributed by atoms with E-state index in [2.05, 4.69) is 154 Å². The second-order valence-corrected chi connectivity index (χ2v) is 6.17. The van der Waals surface area contributed by atoms with Crippen LogP contribution in [0.1, 0.15) is 0 Å². The van der Waals surface area contributed by atoms with Crippen molar-refractivity contribution in [2.45, 2.75) is 0 Å². The molecule has 0 aromatic rings. The Labute approximate surface area is 200 Å². The summed E-state index contributed by atoms with van der Waals surface area (Å²) in [7, 11) is -3.88. The molecular weight excluding hydrogens is 441 g/mol. The molecular formula is C29H6NO3P. The van der Waals surface area contributed by atoms with Crippen molar-refractivity contribution in [2.75, 3.05) is 6.29 Å². The third-order valence-corrected chi connectivity index (χ3v) is 3.40. The minimum absolute atomic E-state index is 0.384. The van der Waals surface area contributed by atoms with E-state index in [9.17, 15) is 4.57 Å². The Morgan fingerprint density at radius 1 is 0.500 bits per heavy atom. The van der Waals surface area contributed by atoms with Crippen LogP contribution in [0.2, 0.25) is 0 Å². The summed E-state index contributed by atoms with van der Waals surface area (Å²) in [5.74, 6) is 51.0. The van der Waals surface area contributed by atoms with Crippen molar-refractivity contribution in [3.8, 4) is 168 Å². The minimum atomic E-state index is -3.88. The average Bonchev–Trinajstić information content (AvgIpc) is 2.84. The molecule has 34 heavy (non-hydrogen) atoms. The van der Waals surface area contributed by atoms with Crippen LogP contribution in [0.3, 0.4) is 0 Å². The number of nitrogens with one attached hydrogen (secondary N) is 1. The molecule has 0 saturated carbocycles. The Morgan fingerprint density at radius 3 is 1.21 bits per heavy atom. The highest BCUT2D eigenvalue weighted by Gasteiger charge is 2.25. The molecule has 0 aromatic heterocycles. The van der Waals surface area contributed by atoms with Gasteiger partial charge in [0.05, 0.1) is 0 Å². The van der Waals surface area contributed by atoms with Gasteiger partial charge in [0, 0.05) is 71.2 Å². The van der Waals surface area contributed by atoms with Gasteiger partial charge in [0.2, 0.25) is 0 Å². The highest BCUT2D eigenvalue weighted by Crippen LogP contribution is 2.46. The fourth-order valence-electron chi connectivity index (χ4n) is 1.05. The van der Waals surface area contributed by atoms with E-state index >= 15 is 0 Å². The van der Waals surface area contributed by atoms with E-state index in [0.717, 1.165) is 0 Å². The summed E-state index contributed by atoms with van der Waals surface area (Å²) in [6, 6.07) is 2.43. The normalized spacial score (nSPS) is 5.56. The molecule has 0 radical (unpaired) electrons. The summed E-state index contributed by atoms with van der Waals surface area (Å²) in [5, 5.41) is 2.50. The van der Waals surface area contributed by atoms with Gasteiger partial charge in [0.25, 0.3) is 0 Å². The van der Waals surface area contributed by atoms with Gasteiger partial charge in [0.15, 0.2) is 0 Å². The molecule has 0 aliphatic carbocycles. The van der Waals surface area contributed by atoms with Crippen molar-refractivity contribution >= 4 is 7.60 Å². The Hall–Kier alpha value is -6.53. The zero-order valence-corrected chi connectivity index (χ0v) is 18.0. The smallest absolute Gasteiger partial charge is 0.360 e. The van der Waals surface area contributed by atoms with E-state index in [0.29, 0.717) is 0 Å². The van der Waals surface area contributed by atoms with Crippen LogP contribution >= 0.6 is 7.60 Å². The maximum atomic E-state index is 12.7. The van der Waals surface area contributed by atoms with E-state index in [1.807, 2.05) is 0 Å². The van der Waals surface area contributed by atoms with Crippen LogP contribution in [-0.2, 0) is 13.6 Å². The molecule has 150 valence electrons. The molecule has 5 heteroatoms. The molecule has 0 amide bonds. The first-order valence-electron chi connectivity index (χ1n) is 8.24. The first kappa shape index (κ1) is 27.5. The maximum Gasteiger partial charge on any atom is 0.466 e. The molecule has 1 N–H and O–H groups in total. The van der Waals surface area contributed by atoms with Crippen molar-refractivity contribution < 1.29 is 13.6 Å². The summed E-state index contributed by atoms with van der Waals surface area (Å²) in [6.45, 7) is 0. The fourth-order valence-corrected chi connectivity index (χ4v) is 1.85. The third kappa shape index (κ3) is 18.8. The second kappa shape index (κ2) is 21.2. The van der Waals surface area contributed by atoms with Crippen molar-refractivity contribution in [1.29, 1.82) is 0 Å². The quantitative estimate of drug-likeness (QED) is 0.389. The van der Waals surface area contributed by atoms with Crippen LogP contribution in [0.4, 0.5) is 0 Å². The van der Waals surface area contributed by atoms with Crippen LogP contribution in [-0.4, -0.2) is 6.29 Å². The summed E-state index contributed by atoms with van der Waals surface area (Å²) in [4.78, 5) is 0. The molecule has 0 rings (SSSR count). The number of hydrogen-bond acceptors (Lipinski definition) is 4. The highest BCUT2D eigenvalue weighted by molar-refractivity contribution is 7.54. The van der Waals surface area contributed by atoms with Crippen molar-refractivity contribution in [3.05, 3.63) is 0 Å². The van der Waals surface area contributed by atoms with E-state index < -0.39 is 7.60 Å². The van der Waals surface area contributed by atoms with Crippen LogP contribution in [0, 0.1) is 168 Å². The van der Waals surface area contributed by atoms with Gasteiger partial charge in [-0.1, -0.05) is 0 Å². The molecule has 0 aliphatic heterocycles. The molecule has 0 unspecified atom stereocenters. The standard InChI is InChI=1S/C29H6NO3P/c1-4-7-10-13-16-17-18-19-20-23-26-30-29-34(31,32-27-24-21-14-11-8-5-2)33-28-25-22-15-12-9-6-3/h1-3,30H,29H2. The van der Waals surface area contributed by atoms with Gasteiger partial charge in [-0.05, 0) is 65.1 Å². The largest absolute Gasteiger partial charge is 0.466 e. The molecule has 0 fully saturated rings. The van der Waals surface area contributed by atoms with Gasteiger partial charge in [-0.3, -0.25) is 0 Å². The van der Waals surface area contributed by atoms with Crippen molar-refractivity contribution in [2.24, 2.45) is 0 Å². The van der Waals surface area contributed by atoms with Crippen LogP contribution < -0.4 is 5.32 Å². The highest BCUT2D eigenvalue weighted by atomic mass is 31.2. The number of hydrogen-bond donors (Lipinski definition) is 1. The molecule has 0 bridgehead atoms. The lowest BCUT2D eigenvalue weighted by molar-refractivity contribution is 0.352. The van der Waals surface area contributed by atoms with E-state index in [1.54, 1.807) is 0 Å². The lowest BCUT2D eigenvalue weighted by atomic mass is 10.5. The zero-order valence-electron chi connectivity index (χ0n) is 17.1. The van der Waals surface area contributed by atoms with Crippen LogP contribution in [0.15, 0.2) is 0 Å². The minimum Gasteiger partial charge on any atom is -0.360 e. The van der Waals surface area contributed by atoms with Gasteiger partial charge >= 0.3 is 7.60 Å². The van der Waals surface area contributed by atoms with E-state index in [4.69, 9.17) is 28.3 Å². The molecule has 0 aliphatic rings. The van der Waals surface area contributed by atoms with Crippen LogP contribution in [0.5, 0.6) is 0 Å². The molecule has 0 saturated heterocycles. The van der Waals surface area contributed by atoms with Gasteiger partial charge < -0.3 is 14.4 Å². The maximum absolute atomic E-state index is 12.7. The van der Waals surface area contributed by atoms with Gasteiger partial charge in [-0.2, -0.15) is 0 Å². The van der Waals surface area contributed by atoms with E-state index in [-0.39, 0.29) is 6.29 Å². The van der Waals surface area contributed by atoms with E-state index in [1.165, 1.54) is 0 Å². The Bertz CT molecular complexity index is 1600. The summed E-state index contributed by atoms with van der Waals surface area (Å²) >= 11 is 0.